The van der Waals surface area contributed by atoms with Crippen LogP contribution in [0.2, 0.25) is 0 Å². The number of methoxy groups -OCH3 is 2. The Morgan fingerprint density at radius 3 is 2.48 bits per heavy atom. The third-order valence-corrected chi connectivity index (χ3v) is 3.88. The monoisotopic (exact) mass is 336 g/mol. The minimum absolute atomic E-state index is 0.151. The third kappa shape index (κ3) is 4.01. The van der Waals surface area contributed by atoms with Crippen molar-refractivity contribution >= 4 is 28.1 Å². The first-order valence-electron chi connectivity index (χ1n) is 7.94. The van der Waals surface area contributed by atoms with Gasteiger partial charge in [0.15, 0.2) is 0 Å². The summed E-state index contributed by atoms with van der Waals surface area (Å²) in [5, 5.41) is 8.27. The van der Waals surface area contributed by atoms with Crippen LogP contribution in [0.5, 0.6) is 11.5 Å². The Morgan fingerprint density at radius 1 is 0.920 bits per heavy atom. The molecule has 5 nitrogen and oxygen atoms in total. The van der Waals surface area contributed by atoms with E-state index in [9.17, 15) is 4.79 Å². The maximum atomic E-state index is 12.2. The summed E-state index contributed by atoms with van der Waals surface area (Å²) in [5.74, 6) is 1.07. The van der Waals surface area contributed by atoms with E-state index in [1.165, 1.54) is 5.39 Å². The molecule has 2 N–H and O–H groups in total. The van der Waals surface area contributed by atoms with Crippen molar-refractivity contribution < 1.29 is 14.3 Å². The second kappa shape index (κ2) is 7.57. The fourth-order valence-corrected chi connectivity index (χ4v) is 2.59. The molecule has 3 aromatic rings. The topological polar surface area (TPSA) is 59.6 Å². The van der Waals surface area contributed by atoms with E-state index in [-0.39, 0.29) is 12.5 Å². The molecule has 0 aliphatic rings. The van der Waals surface area contributed by atoms with Crippen molar-refractivity contribution in [2.24, 2.45) is 0 Å². The summed E-state index contributed by atoms with van der Waals surface area (Å²) in [5.41, 5.74) is 1.47. The van der Waals surface area contributed by atoms with Gasteiger partial charge in [0, 0.05) is 11.8 Å². The highest BCUT2D eigenvalue weighted by molar-refractivity contribution is 5.95. The predicted octanol–water partition coefficient (Wildman–Crippen LogP) is 3.91. The largest absolute Gasteiger partial charge is 0.497 e. The van der Waals surface area contributed by atoms with E-state index < -0.39 is 0 Å². The third-order valence-electron chi connectivity index (χ3n) is 3.88. The molecular formula is C20H20N2O3. The molecule has 25 heavy (non-hydrogen) atoms. The van der Waals surface area contributed by atoms with Gasteiger partial charge in [-0.25, -0.2) is 0 Å². The molecule has 0 aliphatic carbocycles. The van der Waals surface area contributed by atoms with Gasteiger partial charge in [-0.15, -0.1) is 0 Å². The van der Waals surface area contributed by atoms with Crippen molar-refractivity contribution in [3.63, 3.8) is 0 Å². The number of carbonyl (C=O) groups is 1. The maximum Gasteiger partial charge on any atom is 0.243 e. The van der Waals surface area contributed by atoms with E-state index in [0.717, 1.165) is 11.1 Å². The molecule has 0 spiro atoms. The van der Waals surface area contributed by atoms with Gasteiger partial charge in [0.1, 0.15) is 11.5 Å². The maximum absolute atomic E-state index is 12.2. The summed E-state index contributed by atoms with van der Waals surface area (Å²) >= 11 is 0. The van der Waals surface area contributed by atoms with Gasteiger partial charge in [-0.05, 0) is 35.0 Å². The van der Waals surface area contributed by atoms with Crippen molar-refractivity contribution in [3.8, 4) is 11.5 Å². The van der Waals surface area contributed by atoms with Gasteiger partial charge < -0.3 is 20.1 Å². The predicted molar refractivity (Wildman–Crippen MR) is 101 cm³/mol. The molecule has 0 bridgehead atoms. The number of rotatable bonds is 6. The Labute approximate surface area is 146 Å². The lowest BCUT2D eigenvalue weighted by Crippen LogP contribution is -2.22. The van der Waals surface area contributed by atoms with Crippen molar-refractivity contribution in [2.45, 2.75) is 0 Å². The Balaban J connectivity index is 1.66. The summed E-state index contributed by atoms with van der Waals surface area (Å²) in [4.78, 5) is 12.2. The number of anilines is 2. The molecule has 0 unspecified atom stereocenters. The van der Waals surface area contributed by atoms with Crippen molar-refractivity contribution in [2.75, 3.05) is 31.4 Å². The van der Waals surface area contributed by atoms with Gasteiger partial charge in [0.2, 0.25) is 5.91 Å². The number of amides is 1. The fraction of sp³-hybridized carbons (Fsp3) is 0.150. The second-order valence-electron chi connectivity index (χ2n) is 5.53. The molecule has 0 saturated heterocycles. The molecule has 0 saturated carbocycles. The summed E-state index contributed by atoms with van der Waals surface area (Å²) in [6.07, 6.45) is 0. The van der Waals surface area contributed by atoms with Crippen LogP contribution < -0.4 is 20.1 Å². The molecule has 3 aromatic carbocycles. The highest BCUT2D eigenvalue weighted by atomic mass is 16.5. The van der Waals surface area contributed by atoms with Crippen molar-refractivity contribution in [3.05, 3.63) is 60.7 Å². The van der Waals surface area contributed by atoms with E-state index >= 15 is 0 Å². The Bertz CT molecular complexity index is 893. The summed E-state index contributed by atoms with van der Waals surface area (Å²) < 4.78 is 10.4. The lowest BCUT2D eigenvalue weighted by molar-refractivity contribution is -0.114. The number of ether oxygens (including phenoxy) is 2. The first-order valence-corrected chi connectivity index (χ1v) is 7.94. The van der Waals surface area contributed by atoms with Crippen LogP contribution in [0.15, 0.2) is 60.7 Å². The van der Waals surface area contributed by atoms with Gasteiger partial charge in [0.25, 0.3) is 0 Å². The normalized spacial score (nSPS) is 10.3. The quantitative estimate of drug-likeness (QED) is 0.716. The highest BCUT2D eigenvalue weighted by Gasteiger charge is 2.09. The van der Waals surface area contributed by atoms with Crippen LogP contribution in [0, 0.1) is 0 Å². The minimum Gasteiger partial charge on any atom is -0.497 e. The Hall–Kier alpha value is -3.21. The Morgan fingerprint density at radius 2 is 1.72 bits per heavy atom. The molecule has 1 amide bonds. The number of hydrogen-bond donors (Lipinski definition) is 2. The zero-order valence-corrected chi connectivity index (χ0v) is 14.2. The van der Waals surface area contributed by atoms with Crippen molar-refractivity contribution in [1.82, 2.24) is 0 Å². The van der Waals surface area contributed by atoms with Gasteiger partial charge >= 0.3 is 0 Å². The van der Waals surface area contributed by atoms with E-state index in [4.69, 9.17) is 9.47 Å². The molecule has 3 rings (SSSR count). The van der Waals surface area contributed by atoms with E-state index in [1.54, 1.807) is 32.4 Å². The average Bonchev–Trinajstić information content (AvgIpc) is 2.66. The number of carbonyl (C=O) groups excluding carboxylic acids is 1. The fourth-order valence-electron chi connectivity index (χ4n) is 2.59. The van der Waals surface area contributed by atoms with Crippen LogP contribution in [0.4, 0.5) is 11.4 Å². The van der Waals surface area contributed by atoms with Crippen LogP contribution in [0.25, 0.3) is 10.8 Å². The van der Waals surface area contributed by atoms with Gasteiger partial charge in [-0.1, -0.05) is 30.3 Å². The van der Waals surface area contributed by atoms with E-state index in [1.807, 2.05) is 36.4 Å². The Kier molecular flexibility index (Phi) is 5.04. The number of fused-ring (bicyclic) bond motifs is 1. The number of benzene rings is 3. The van der Waals surface area contributed by atoms with Gasteiger partial charge in [-0.3, -0.25) is 4.79 Å². The molecule has 0 aromatic heterocycles. The highest BCUT2D eigenvalue weighted by Crippen LogP contribution is 2.28. The number of hydrogen-bond acceptors (Lipinski definition) is 4. The molecule has 0 aliphatic heterocycles. The van der Waals surface area contributed by atoms with E-state index in [2.05, 4.69) is 16.7 Å². The average molecular weight is 336 g/mol. The molecule has 0 radical (unpaired) electrons. The second-order valence-corrected chi connectivity index (χ2v) is 5.53. The minimum atomic E-state index is -0.167. The summed E-state index contributed by atoms with van der Waals surface area (Å²) in [6.45, 7) is 0.151. The molecule has 0 heterocycles. The van der Waals surface area contributed by atoms with Crippen molar-refractivity contribution in [1.29, 1.82) is 0 Å². The van der Waals surface area contributed by atoms with Crippen LogP contribution in [0.3, 0.4) is 0 Å². The number of nitrogens with one attached hydrogen (secondary N) is 2. The van der Waals surface area contributed by atoms with Gasteiger partial charge in [0.05, 0.1) is 26.5 Å². The molecule has 5 heteroatoms. The molecule has 0 fully saturated rings. The summed E-state index contributed by atoms with van der Waals surface area (Å²) in [6, 6.07) is 19.4. The van der Waals surface area contributed by atoms with Gasteiger partial charge in [-0.2, -0.15) is 0 Å². The zero-order chi connectivity index (χ0) is 17.6. The molecule has 128 valence electrons. The van der Waals surface area contributed by atoms with Crippen LogP contribution in [0.1, 0.15) is 0 Å². The first-order chi connectivity index (χ1) is 12.2. The lowest BCUT2D eigenvalue weighted by atomic mass is 10.1. The molecular weight excluding hydrogens is 316 g/mol. The molecule has 0 atom stereocenters. The van der Waals surface area contributed by atoms with E-state index in [0.29, 0.717) is 17.2 Å². The first kappa shape index (κ1) is 16.6. The van der Waals surface area contributed by atoms with Crippen LogP contribution >= 0.6 is 0 Å². The van der Waals surface area contributed by atoms with Crippen LogP contribution in [-0.4, -0.2) is 26.7 Å². The zero-order valence-electron chi connectivity index (χ0n) is 14.2. The SMILES string of the molecule is COc1ccc(OC)c(NC(=O)CNc2ccc3ccccc3c2)c1. The lowest BCUT2D eigenvalue weighted by Gasteiger charge is -2.12. The standard InChI is InChI=1S/C20H20N2O3/c1-24-17-9-10-19(25-2)18(12-17)22-20(23)13-21-16-8-7-14-5-3-4-6-15(14)11-16/h3-12,21H,13H2,1-2H3,(H,22,23). The summed E-state index contributed by atoms with van der Waals surface area (Å²) in [7, 11) is 3.14. The smallest absolute Gasteiger partial charge is 0.243 e. The van der Waals surface area contributed by atoms with Crippen LogP contribution in [-0.2, 0) is 4.79 Å².